The molecule has 1 atom stereocenters. The van der Waals surface area contributed by atoms with Crippen molar-refractivity contribution in [1.82, 2.24) is 0 Å². The van der Waals surface area contributed by atoms with Crippen LogP contribution in [-0.4, -0.2) is 13.2 Å². The maximum Gasteiger partial charge on any atom is 0.353 e. The minimum absolute atomic E-state index is 0.0495. The van der Waals surface area contributed by atoms with Gasteiger partial charge in [0.15, 0.2) is 0 Å². The lowest BCUT2D eigenvalue weighted by molar-refractivity contribution is 0.229. The SMILES string of the molecule is CCOP(=O)(/C=C/C(c1ccccc1)c1cccc2ccccc12)OCC. The first kappa shape index (κ1) is 19.6. The van der Waals surface area contributed by atoms with Crippen molar-refractivity contribution in [3.05, 3.63) is 95.8 Å². The molecule has 1 unspecified atom stereocenters. The summed E-state index contributed by atoms with van der Waals surface area (Å²) >= 11 is 0. The zero-order chi connectivity index (χ0) is 19.1. The molecule has 3 aromatic rings. The molecule has 3 nitrogen and oxygen atoms in total. The molecule has 0 saturated heterocycles. The van der Waals surface area contributed by atoms with Gasteiger partial charge in [-0.1, -0.05) is 78.9 Å². The summed E-state index contributed by atoms with van der Waals surface area (Å²) in [4.78, 5) is 0. The topological polar surface area (TPSA) is 35.5 Å². The summed E-state index contributed by atoms with van der Waals surface area (Å²) in [5.74, 6) is 1.56. The number of fused-ring (bicyclic) bond motifs is 1. The summed E-state index contributed by atoms with van der Waals surface area (Å²) in [6.45, 7) is 4.32. The van der Waals surface area contributed by atoms with E-state index in [9.17, 15) is 4.57 Å². The Morgan fingerprint density at radius 3 is 2.19 bits per heavy atom. The monoisotopic (exact) mass is 380 g/mol. The number of allylic oxidation sites excluding steroid dienone is 1. The van der Waals surface area contributed by atoms with Crippen LogP contribution in [0.15, 0.2) is 84.7 Å². The van der Waals surface area contributed by atoms with E-state index in [4.69, 9.17) is 9.05 Å². The second-order valence-electron chi connectivity index (χ2n) is 6.17. The molecular weight excluding hydrogens is 355 g/mol. The van der Waals surface area contributed by atoms with Gasteiger partial charge in [0.1, 0.15) is 0 Å². The van der Waals surface area contributed by atoms with Gasteiger partial charge in [-0.25, -0.2) is 0 Å². The summed E-state index contributed by atoms with van der Waals surface area (Å²) in [5, 5.41) is 2.36. The van der Waals surface area contributed by atoms with Gasteiger partial charge in [-0.3, -0.25) is 4.57 Å². The predicted molar refractivity (Wildman–Crippen MR) is 112 cm³/mol. The summed E-state index contributed by atoms with van der Waals surface area (Å²) < 4.78 is 23.8. The first-order valence-corrected chi connectivity index (χ1v) is 10.9. The third kappa shape index (κ3) is 4.75. The molecule has 3 rings (SSSR count). The lowest BCUT2D eigenvalue weighted by atomic mass is 9.88. The van der Waals surface area contributed by atoms with Gasteiger partial charge < -0.3 is 9.05 Å². The van der Waals surface area contributed by atoms with Crippen LogP contribution >= 0.6 is 7.60 Å². The van der Waals surface area contributed by atoms with Gasteiger partial charge in [0.05, 0.1) is 13.2 Å². The lowest BCUT2D eigenvalue weighted by Gasteiger charge is -2.18. The molecule has 4 heteroatoms. The highest BCUT2D eigenvalue weighted by molar-refractivity contribution is 7.57. The van der Waals surface area contributed by atoms with E-state index in [2.05, 4.69) is 42.5 Å². The molecule has 0 saturated carbocycles. The highest BCUT2D eigenvalue weighted by Gasteiger charge is 2.21. The average Bonchev–Trinajstić information content (AvgIpc) is 2.69. The molecule has 0 heterocycles. The molecule has 0 N–H and O–H groups in total. The molecule has 3 aromatic carbocycles. The second-order valence-corrected chi connectivity index (χ2v) is 8.07. The summed E-state index contributed by atoms with van der Waals surface area (Å²) in [7, 11) is -3.26. The number of benzene rings is 3. The fraction of sp³-hybridized carbons (Fsp3) is 0.217. The molecule has 140 valence electrons. The van der Waals surface area contributed by atoms with Crippen molar-refractivity contribution in [2.24, 2.45) is 0 Å². The van der Waals surface area contributed by atoms with Gasteiger partial charge in [-0.2, -0.15) is 0 Å². The molecule has 0 aromatic heterocycles. The Morgan fingerprint density at radius 2 is 1.48 bits per heavy atom. The average molecular weight is 380 g/mol. The molecule has 27 heavy (non-hydrogen) atoms. The quantitative estimate of drug-likeness (QED) is 0.405. The van der Waals surface area contributed by atoms with E-state index in [-0.39, 0.29) is 5.92 Å². The summed E-state index contributed by atoms with van der Waals surface area (Å²) in [6, 6.07) is 24.8. The van der Waals surface area contributed by atoms with Crippen molar-refractivity contribution >= 4 is 18.4 Å². The standard InChI is InChI=1S/C23H25O3P/c1-3-25-27(24,26-4-2)18-17-22(19-11-6-5-7-12-19)23-16-10-14-20-13-8-9-15-21(20)23/h5-18,22H,3-4H2,1-2H3/b18-17+. The van der Waals surface area contributed by atoms with Gasteiger partial charge in [-0.05, 0) is 35.7 Å². The molecule has 0 aliphatic heterocycles. The van der Waals surface area contributed by atoms with E-state index < -0.39 is 7.60 Å². The molecule has 0 amide bonds. The fourth-order valence-corrected chi connectivity index (χ4v) is 4.60. The Balaban J connectivity index is 2.10. The molecule has 0 aliphatic rings. The Kier molecular flexibility index (Phi) is 6.63. The van der Waals surface area contributed by atoms with Gasteiger partial charge in [-0.15, -0.1) is 0 Å². The fourth-order valence-electron chi connectivity index (χ4n) is 3.25. The van der Waals surface area contributed by atoms with Crippen LogP contribution in [0.2, 0.25) is 0 Å². The normalized spacial score (nSPS) is 13.3. The Bertz CT molecular complexity index is 935. The third-order valence-corrected chi connectivity index (χ3v) is 6.17. The van der Waals surface area contributed by atoms with Crippen LogP contribution in [-0.2, 0) is 13.6 Å². The minimum Gasteiger partial charge on any atom is -0.306 e. The van der Waals surface area contributed by atoms with Crippen LogP contribution in [0.3, 0.4) is 0 Å². The second kappa shape index (κ2) is 9.14. The van der Waals surface area contributed by atoms with Crippen molar-refractivity contribution in [1.29, 1.82) is 0 Å². The molecular formula is C23H25O3P. The van der Waals surface area contributed by atoms with E-state index in [0.29, 0.717) is 13.2 Å². The maximum atomic E-state index is 12.9. The molecule has 0 aliphatic carbocycles. The highest BCUT2D eigenvalue weighted by atomic mass is 31.2. The number of hydrogen-bond donors (Lipinski definition) is 0. The maximum absolute atomic E-state index is 12.9. The molecule has 0 radical (unpaired) electrons. The van der Waals surface area contributed by atoms with Crippen LogP contribution in [0.4, 0.5) is 0 Å². The number of hydrogen-bond acceptors (Lipinski definition) is 3. The van der Waals surface area contributed by atoms with Crippen molar-refractivity contribution in [2.75, 3.05) is 13.2 Å². The van der Waals surface area contributed by atoms with E-state index in [0.717, 1.165) is 11.1 Å². The van der Waals surface area contributed by atoms with Gasteiger partial charge in [0, 0.05) is 11.7 Å². The first-order valence-electron chi connectivity index (χ1n) is 9.27. The summed E-state index contributed by atoms with van der Waals surface area (Å²) in [5.41, 5.74) is 2.29. The highest BCUT2D eigenvalue weighted by Crippen LogP contribution is 2.50. The van der Waals surface area contributed by atoms with E-state index >= 15 is 0 Å². The van der Waals surface area contributed by atoms with E-state index in [1.54, 1.807) is 5.82 Å². The Hall–Kier alpha value is -2.19. The largest absolute Gasteiger partial charge is 0.353 e. The Morgan fingerprint density at radius 1 is 0.852 bits per heavy atom. The minimum atomic E-state index is -3.26. The van der Waals surface area contributed by atoms with Gasteiger partial charge in [0.25, 0.3) is 0 Å². The van der Waals surface area contributed by atoms with Crippen molar-refractivity contribution in [3.8, 4) is 0 Å². The molecule has 0 spiro atoms. The van der Waals surface area contributed by atoms with Crippen LogP contribution in [0.25, 0.3) is 10.8 Å². The Labute approximate surface area is 161 Å². The van der Waals surface area contributed by atoms with Gasteiger partial charge in [0.2, 0.25) is 0 Å². The first-order chi connectivity index (χ1) is 13.2. The zero-order valence-corrected chi connectivity index (χ0v) is 16.6. The smallest absolute Gasteiger partial charge is 0.306 e. The zero-order valence-electron chi connectivity index (χ0n) is 15.7. The van der Waals surface area contributed by atoms with E-state index in [1.807, 2.05) is 50.3 Å². The van der Waals surface area contributed by atoms with Crippen molar-refractivity contribution in [2.45, 2.75) is 19.8 Å². The van der Waals surface area contributed by atoms with Crippen molar-refractivity contribution < 1.29 is 13.6 Å². The molecule has 0 bridgehead atoms. The van der Waals surface area contributed by atoms with Gasteiger partial charge >= 0.3 is 7.60 Å². The van der Waals surface area contributed by atoms with Crippen LogP contribution in [0.5, 0.6) is 0 Å². The van der Waals surface area contributed by atoms with Crippen LogP contribution < -0.4 is 0 Å². The van der Waals surface area contributed by atoms with Crippen molar-refractivity contribution in [3.63, 3.8) is 0 Å². The lowest BCUT2D eigenvalue weighted by Crippen LogP contribution is -2.00. The third-order valence-electron chi connectivity index (χ3n) is 4.40. The predicted octanol–water partition coefficient (Wildman–Crippen LogP) is 6.75. The van der Waals surface area contributed by atoms with E-state index in [1.165, 1.54) is 10.8 Å². The number of rotatable bonds is 8. The molecule has 0 fully saturated rings. The summed E-state index contributed by atoms with van der Waals surface area (Å²) in [6.07, 6.45) is 1.95. The van der Waals surface area contributed by atoms with Crippen LogP contribution in [0.1, 0.15) is 30.9 Å². The van der Waals surface area contributed by atoms with Crippen LogP contribution in [0, 0.1) is 0 Å².